The minimum Gasteiger partial charge on any atom is -0.497 e. The fraction of sp³-hybridized carbons (Fsp3) is 0.647. The molecule has 0 amide bonds. The van der Waals surface area contributed by atoms with Gasteiger partial charge in [0, 0.05) is 25.2 Å². The summed E-state index contributed by atoms with van der Waals surface area (Å²) in [6, 6.07) is 7.92. The van der Waals surface area contributed by atoms with E-state index in [1.165, 1.54) is 0 Å². The molecule has 1 heterocycles. The van der Waals surface area contributed by atoms with Gasteiger partial charge in [-0.15, -0.1) is 0 Å². The fourth-order valence-electron chi connectivity index (χ4n) is 2.93. The maximum Gasteiger partial charge on any atom is 0.211 e. The van der Waals surface area contributed by atoms with Crippen molar-refractivity contribution in [3.8, 4) is 5.75 Å². The van der Waals surface area contributed by atoms with Gasteiger partial charge in [-0.3, -0.25) is 0 Å². The molecule has 0 aliphatic carbocycles. The Morgan fingerprint density at radius 1 is 1.22 bits per heavy atom. The Kier molecular flexibility index (Phi) is 6.44. The third-order valence-corrected chi connectivity index (χ3v) is 5.96. The van der Waals surface area contributed by atoms with Crippen LogP contribution in [0.4, 0.5) is 0 Å². The van der Waals surface area contributed by atoms with Gasteiger partial charge in [-0.2, -0.15) is 0 Å². The van der Waals surface area contributed by atoms with E-state index in [0.717, 1.165) is 30.6 Å². The van der Waals surface area contributed by atoms with Gasteiger partial charge < -0.3 is 9.47 Å². The molecule has 0 bridgehead atoms. The van der Waals surface area contributed by atoms with E-state index in [2.05, 4.69) is 4.72 Å². The highest BCUT2D eigenvalue weighted by atomic mass is 32.2. The molecule has 1 aliphatic heterocycles. The highest BCUT2D eigenvalue weighted by molar-refractivity contribution is 7.89. The summed E-state index contributed by atoms with van der Waals surface area (Å²) in [5, 5.41) is 0. The van der Waals surface area contributed by atoms with Gasteiger partial charge in [0.1, 0.15) is 5.75 Å². The van der Waals surface area contributed by atoms with E-state index < -0.39 is 10.0 Å². The molecule has 1 aliphatic rings. The number of hydrogen-bond acceptors (Lipinski definition) is 4. The number of sulfonamides is 1. The SMILES string of the molecule is CCCCS(=O)(=O)NCC1(c2ccc(OC)cc2)CCOCC1. The van der Waals surface area contributed by atoms with E-state index in [-0.39, 0.29) is 11.2 Å². The molecule has 1 fully saturated rings. The van der Waals surface area contributed by atoms with Gasteiger partial charge >= 0.3 is 0 Å². The van der Waals surface area contributed by atoms with Crippen molar-refractivity contribution in [1.29, 1.82) is 0 Å². The van der Waals surface area contributed by atoms with Crippen molar-refractivity contribution in [2.45, 2.75) is 38.0 Å². The molecule has 0 atom stereocenters. The van der Waals surface area contributed by atoms with E-state index in [9.17, 15) is 8.42 Å². The minimum atomic E-state index is -3.22. The second-order valence-electron chi connectivity index (χ2n) is 6.11. The van der Waals surface area contributed by atoms with Crippen molar-refractivity contribution in [2.24, 2.45) is 0 Å². The maximum absolute atomic E-state index is 12.1. The lowest BCUT2D eigenvalue weighted by Crippen LogP contribution is -2.45. The molecular weight excluding hydrogens is 314 g/mol. The van der Waals surface area contributed by atoms with Crippen molar-refractivity contribution in [3.63, 3.8) is 0 Å². The Labute approximate surface area is 139 Å². The Hall–Kier alpha value is -1.11. The lowest BCUT2D eigenvalue weighted by Gasteiger charge is -2.38. The van der Waals surface area contributed by atoms with Gasteiger partial charge in [-0.1, -0.05) is 25.5 Å². The van der Waals surface area contributed by atoms with E-state index >= 15 is 0 Å². The molecule has 0 aromatic heterocycles. The summed E-state index contributed by atoms with van der Waals surface area (Å²) in [5.41, 5.74) is 0.934. The number of nitrogens with one attached hydrogen (secondary N) is 1. The minimum absolute atomic E-state index is 0.193. The molecule has 1 aromatic carbocycles. The molecular formula is C17H27NO4S. The van der Waals surface area contributed by atoms with Crippen LogP contribution in [0.5, 0.6) is 5.75 Å². The van der Waals surface area contributed by atoms with Crippen LogP contribution in [0.3, 0.4) is 0 Å². The van der Waals surface area contributed by atoms with Crippen LogP contribution in [0.15, 0.2) is 24.3 Å². The van der Waals surface area contributed by atoms with E-state index in [1.807, 2.05) is 31.2 Å². The number of methoxy groups -OCH3 is 1. The quantitative estimate of drug-likeness (QED) is 0.789. The molecule has 0 radical (unpaired) electrons. The third kappa shape index (κ3) is 4.93. The van der Waals surface area contributed by atoms with Gasteiger partial charge in [0.05, 0.1) is 12.9 Å². The molecule has 1 aromatic rings. The summed E-state index contributed by atoms with van der Waals surface area (Å²) >= 11 is 0. The lowest BCUT2D eigenvalue weighted by molar-refractivity contribution is 0.0517. The Morgan fingerprint density at radius 3 is 2.43 bits per heavy atom. The molecule has 2 rings (SSSR count). The number of benzene rings is 1. The molecule has 0 unspecified atom stereocenters. The first-order chi connectivity index (χ1) is 11.0. The van der Waals surface area contributed by atoms with Crippen LogP contribution >= 0.6 is 0 Å². The highest BCUT2D eigenvalue weighted by Crippen LogP contribution is 2.35. The molecule has 130 valence electrons. The van der Waals surface area contributed by atoms with Crippen LogP contribution in [0, 0.1) is 0 Å². The topological polar surface area (TPSA) is 64.6 Å². The number of ether oxygens (including phenoxy) is 2. The van der Waals surface area contributed by atoms with Crippen LogP contribution in [-0.4, -0.2) is 41.0 Å². The lowest BCUT2D eigenvalue weighted by atomic mass is 9.74. The zero-order valence-electron chi connectivity index (χ0n) is 14.0. The Bertz CT molecular complexity index is 577. The normalized spacial score (nSPS) is 17.8. The highest BCUT2D eigenvalue weighted by Gasteiger charge is 2.35. The summed E-state index contributed by atoms with van der Waals surface area (Å²) < 4.78 is 37.8. The summed E-state index contributed by atoms with van der Waals surface area (Å²) in [6.07, 6.45) is 3.19. The molecule has 1 saturated heterocycles. The number of rotatable bonds is 8. The van der Waals surface area contributed by atoms with Crippen LogP contribution in [-0.2, 0) is 20.2 Å². The van der Waals surface area contributed by atoms with Crippen LogP contribution < -0.4 is 9.46 Å². The molecule has 0 spiro atoms. The van der Waals surface area contributed by atoms with Gasteiger partial charge in [0.15, 0.2) is 0 Å². The van der Waals surface area contributed by atoms with E-state index in [0.29, 0.717) is 26.2 Å². The van der Waals surface area contributed by atoms with Crippen molar-refractivity contribution < 1.29 is 17.9 Å². The zero-order chi connectivity index (χ0) is 16.8. The van der Waals surface area contributed by atoms with E-state index in [4.69, 9.17) is 9.47 Å². The van der Waals surface area contributed by atoms with Crippen molar-refractivity contribution in [1.82, 2.24) is 4.72 Å². The average Bonchev–Trinajstić information content (AvgIpc) is 2.59. The molecule has 1 N–H and O–H groups in total. The standard InChI is InChI=1S/C17H27NO4S/c1-3-4-13-23(19,20)18-14-17(9-11-22-12-10-17)15-5-7-16(21-2)8-6-15/h5-8,18H,3-4,9-14H2,1-2H3. The first-order valence-corrected chi connectivity index (χ1v) is 9.86. The van der Waals surface area contributed by atoms with Crippen LogP contribution in [0.25, 0.3) is 0 Å². The molecule has 5 nitrogen and oxygen atoms in total. The maximum atomic E-state index is 12.1. The summed E-state index contributed by atoms with van der Waals surface area (Å²) in [7, 11) is -1.58. The largest absolute Gasteiger partial charge is 0.497 e. The van der Waals surface area contributed by atoms with Gasteiger partial charge in [0.2, 0.25) is 10.0 Å². The zero-order valence-corrected chi connectivity index (χ0v) is 14.8. The second-order valence-corrected chi connectivity index (χ2v) is 8.04. The predicted molar refractivity (Wildman–Crippen MR) is 91.4 cm³/mol. The first kappa shape index (κ1) is 18.2. The third-order valence-electron chi connectivity index (χ3n) is 4.55. The summed E-state index contributed by atoms with van der Waals surface area (Å²) in [5.74, 6) is 0.998. The summed E-state index contributed by atoms with van der Waals surface area (Å²) in [4.78, 5) is 0. The fourth-order valence-corrected chi connectivity index (χ4v) is 4.24. The first-order valence-electron chi connectivity index (χ1n) is 8.21. The van der Waals surface area contributed by atoms with Gasteiger partial charge in [0.25, 0.3) is 0 Å². The Balaban J connectivity index is 2.15. The van der Waals surface area contributed by atoms with Crippen LogP contribution in [0.1, 0.15) is 38.2 Å². The monoisotopic (exact) mass is 341 g/mol. The van der Waals surface area contributed by atoms with Crippen molar-refractivity contribution in [3.05, 3.63) is 29.8 Å². The average molecular weight is 341 g/mol. The van der Waals surface area contributed by atoms with Gasteiger partial charge in [-0.05, 0) is 37.0 Å². The number of hydrogen-bond donors (Lipinski definition) is 1. The van der Waals surface area contributed by atoms with Gasteiger partial charge in [-0.25, -0.2) is 13.1 Å². The second kappa shape index (κ2) is 8.13. The van der Waals surface area contributed by atoms with Crippen molar-refractivity contribution >= 4 is 10.0 Å². The molecule has 0 saturated carbocycles. The molecule has 23 heavy (non-hydrogen) atoms. The molecule has 6 heteroatoms. The van der Waals surface area contributed by atoms with Crippen molar-refractivity contribution in [2.75, 3.05) is 32.6 Å². The summed E-state index contributed by atoms with van der Waals surface area (Å²) in [6.45, 7) is 3.73. The number of unbranched alkanes of at least 4 members (excludes halogenated alkanes) is 1. The predicted octanol–water partition coefficient (Wildman–Crippen LogP) is 2.46. The van der Waals surface area contributed by atoms with E-state index in [1.54, 1.807) is 7.11 Å². The van der Waals surface area contributed by atoms with Crippen LogP contribution in [0.2, 0.25) is 0 Å². The smallest absolute Gasteiger partial charge is 0.211 e. The Morgan fingerprint density at radius 2 is 1.87 bits per heavy atom.